The summed E-state index contributed by atoms with van der Waals surface area (Å²) in [6.45, 7) is 1.41. The van der Waals surface area contributed by atoms with Crippen molar-refractivity contribution in [1.82, 2.24) is 20.9 Å². The number of aliphatic hydroxyl groups excluding tert-OH is 1. The van der Waals surface area contributed by atoms with Crippen molar-refractivity contribution in [2.75, 3.05) is 19.7 Å². The Morgan fingerprint density at radius 2 is 1.66 bits per heavy atom. The molecule has 1 fully saturated rings. The summed E-state index contributed by atoms with van der Waals surface area (Å²) in [5.41, 5.74) is 3.02. The summed E-state index contributed by atoms with van der Waals surface area (Å²) in [4.78, 5) is 29.9. The zero-order valence-corrected chi connectivity index (χ0v) is 20.9. The van der Waals surface area contributed by atoms with Crippen molar-refractivity contribution in [3.8, 4) is 0 Å². The van der Waals surface area contributed by atoms with Gasteiger partial charge in [-0.15, -0.1) is 0 Å². The van der Waals surface area contributed by atoms with Crippen molar-refractivity contribution < 1.29 is 14.7 Å². The van der Waals surface area contributed by atoms with Crippen LogP contribution in [0.4, 0.5) is 0 Å². The van der Waals surface area contributed by atoms with Gasteiger partial charge in [0.2, 0.25) is 11.8 Å². The van der Waals surface area contributed by atoms with E-state index in [1.54, 1.807) is 0 Å². The van der Waals surface area contributed by atoms with Gasteiger partial charge in [0.05, 0.1) is 12.6 Å². The Morgan fingerprint density at radius 1 is 0.921 bits per heavy atom. The van der Waals surface area contributed by atoms with Crippen LogP contribution in [0.5, 0.6) is 0 Å². The SMILES string of the molecule is C.O=C(N[C@H](Cc1ccc2ccccc2c1)C(=O)N[C@@H](CO)Cc1c[nH]c2ccccc12)C1CCNCC1. The first-order valence-electron chi connectivity index (χ1n) is 13.1. The second kappa shape index (κ2) is 12.7. The quantitative estimate of drug-likeness (QED) is 0.235. The first-order chi connectivity index (χ1) is 18.1. The average Bonchev–Trinajstić information content (AvgIpc) is 3.35. The molecule has 38 heavy (non-hydrogen) atoms. The van der Waals surface area contributed by atoms with Gasteiger partial charge in [0.25, 0.3) is 0 Å². The number of nitrogens with one attached hydrogen (secondary N) is 4. The molecule has 0 saturated carbocycles. The third kappa shape index (κ3) is 6.41. The van der Waals surface area contributed by atoms with Crippen LogP contribution in [0.25, 0.3) is 21.7 Å². The van der Waals surface area contributed by atoms with Crippen molar-refractivity contribution in [3.05, 3.63) is 84.1 Å². The Hall–Kier alpha value is -3.68. The largest absolute Gasteiger partial charge is 0.394 e. The van der Waals surface area contributed by atoms with Gasteiger partial charge in [0, 0.05) is 29.4 Å². The number of aromatic amines is 1. The molecule has 0 bridgehead atoms. The van der Waals surface area contributed by atoms with E-state index in [0.29, 0.717) is 12.8 Å². The Balaban J connectivity index is 0.00000336. The van der Waals surface area contributed by atoms with Crippen LogP contribution >= 0.6 is 0 Å². The van der Waals surface area contributed by atoms with E-state index in [2.05, 4.69) is 33.1 Å². The molecule has 2 atom stereocenters. The third-order valence-electron chi connectivity index (χ3n) is 7.30. The van der Waals surface area contributed by atoms with Crippen LogP contribution in [0.1, 0.15) is 31.4 Å². The lowest BCUT2D eigenvalue weighted by Gasteiger charge is -2.26. The summed E-state index contributed by atoms with van der Waals surface area (Å²) in [5, 5.41) is 22.7. The van der Waals surface area contributed by atoms with Crippen molar-refractivity contribution in [2.24, 2.45) is 5.92 Å². The minimum absolute atomic E-state index is 0. The summed E-state index contributed by atoms with van der Waals surface area (Å²) >= 11 is 0. The van der Waals surface area contributed by atoms with E-state index in [4.69, 9.17) is 0 Å². The maximum Gasteiger partial charge on any atom is 0.243 e. The highest BCUT2D eigenvalue weighted by Gasteiger charge is 2.28. The van der Waals surface area contributed by atoms with E-state index in [9.17, 15) is 14.7 Å². The van der Waals surface area contributed by atoms with Crippen molar-refractivity contribution in [1.29, 1.82) is 0 Å². The van der Waals surface area contributed by atoms with E-state index in [-0.39, 0.29) is 31.8 Å². The molecule has 5 N–H and O–H groups in total. The smallest absolute Gasteiger partial charge is 0.243 e. The van der Waals surface area contributed by atoms with Crippen LogP contribution in [-0.4, -0.2) is 53.7 Å². The van der Waals surface area contributed by atoms with Crippen LogP contribution < -0.4 is 16.0 Å². The fourth-order valence-corrected chi connectivity index (χ4v) is 5.21. The number of H-pyrrole nitrogens is 1. The van der Waals surface area contributed by atoms with Crippen molar-refractivity contribution in [3.63, 3.8) is 0 Å². The van der Waals surface area contributed by atoms with E-state index in [1.165, 1.54) is 0 Å². The molecule has 1 aromatic heterocycles. The van der Waals surface area contributed by atoms with Gasteiger partial charge in [0.1, 0.15) is 6.04 Å². The highest BCUT2D eigenvalue weighted by atomic mass is 16.3. The van der Waals surface area contributed by atoms with Gasteiger partial charge in [-0.25, -0.2) is 0 Å². The summed E-state index contributed by atoms with van der Waals surface area (Å²) < 4.78 is 0. The maximum atomic E-state index is 13.5. The molecule has 1 saturated heterocycles. The summed E-state index contributed by atoms with van der Waals surface area (Å²) in [6, 6.07) is 21.0. The fourth-order valence-electron chi connectivity index (χ4n) is 5.21. The van der Waals surface area contributed by atoms with Crippen LogP contribution in [-0.2, 0) is 22.4 Å². The highest BCUT2D eigenvalue weighted by molar-refractivity contribution is 5.90. The molecule has 0 spiro atoms. The normalized spacial score (nSPS) is 15.5. The number of hydrogen-bond acceptors (Lipinski definition) is 4. The van der Waals surface area contributed by atoms with Gasteiger partial charge < -0.3 is 26.0 Å². The topological polar surface area (TPSA) is 106 Å². The Labute approximate surface area is 224 Å². The molecule has 7 nitrogen and oxygen atoms in total. The minimum atomic E-state index is -0.736. The van der Waals surface area contributed by atoms with Gasteiger partial charge in [-0.3, -0.25) is 9.59 Å². The van der Waals surface area contributed by atoms with Crippen molar-refractivity contribution in [2.45, 2.75) is 45.2 Å². The summed E-state index contributed by atoms with van der Waals surface area (Å²) in [5.74, 6) is -0.470. The molecule has 0 aliphatic carbocycles. The molecule has 5 rings (SSSR count). The lowest BCUT2D eigenvalue weighted by molar-refractivity contribution is -0.132. The molecule has 0 unspecified atom stereocenters. The first-order valence-corrected chi connectivity index (χ1v) is 13.1. The molecule has 2 amide bonds. The lowest BCUT2D eigenvalue weighted by atomic mass is 9.95. The number of amides is 2. The van der Waals surface area contributed by atoms with Crippen LogP contribution in [0, 0.1) is 5.92 Å². The number of rotatable bonds is 9. The Bertz CT molecular complexity index is 1380. The van der Waals surface area contributed by atoms with Gasteiger partial charge in [-0.05, 0) is 60.3 Å². The number of piperidine rings is 1. The van der Waals surface area contributed by atoms with Crippen LogP contribution in [0.15, 0.2) is 72.9 Å². The van der Waals surface area contributed by atoms with Crippen molar-refractivity contribution >= 4 is 33.5 Å². The minimum Gasteiger partial charge on any atom is -0.394 e. The monoisotopic (exact) mass is 514 g/mol. The van der Waals surface area contributed by atoms with Gasteiger partial charge in [-0.2, -0.15) is 0 Å². The van der Waals surface area contributed by atoms with E-state index in [1.807, 2.05) is 60.8 Å². The fraction of sp³-hybridized carbons (Fsp3) is 0.355. The predicted octanol–water partition coefficient (Wildman–Crippen LogP) is 3.70. The molecule has 200 valence electrons. The number of hydrogen-bond donors (Lipinski definition) is 5. The molecule has 1 aliphatic heterocycles. The average molecular weight is 515 g/mol. The molecule has 4 aromatic rings. The molecule has 1 aliphatic rings. The number of fused-ring (bicyclic) bond motifs is 2. The van der Waals surface area contributed by atoms with Gasteiger partial charge >= 0.3 is 0 Å². The van der Waals surface area contributed by atoms with E-state index in [0.717, 1.165) is 58.7 Å². The first kappa shape index (κ1) is 27.4. The standard InChI is InChI=1S/C30H34N4O3.CH4/c35-19-25(17-24-18-32-27-8-4-3-7-26(24)27)33-30(37)28(34-29(36)22-11-13-31-14-12-22)16-20-9-10-21-5-1-2-6-23(21)15-20;/h1-10,15,18,22,25,28,31-32,35H,11-14,16-17,19H2,(H,33,37)(H,34,36);1H4/t25-,28-;/m1./s1. The number of carbonyl (C=O) groups excluding carboxylic acids is 2. The number of benzene rings is 3. The molecule has 0 radical (unpaired) electrons. The summed E-state index contributed by atoms with van der Waals surface area (Å²) in [6.07, 6.45) is 4.30. The maximum absolute atomic E-state index is 13.5. The van der Waals surface area contributed by atoms with Gasteiger partial charge in [0.15, 0.2) is 0 Å². The second-order valence-corrected chi connectivity index (χ2v) is 9.92. The zero-order chi connectivity index (χ0) is 25.6. The Morgan fingerprint density at radius 3 is 2.45 bits per heavy atom. The van der Waals surface area contributed by atoms with Crippen LogP contribution in [0.3, 0.4) is 0 Å². The number of aliphatic hydroxyl groups is 1. The summed E-state index contributed by atoms with van der Waals surface area (Å²) in [7, 11) is 0. The second-order valence-electron chi connectivity index (χ2n) is 9.92. The van der Waals surface area contributed by atoms with E-state index < -0.39 is 12.1 Å². The number of carbonyl (C=O) groups is 2. The molecular formula is C31H38N4O3. The zero-order valence-electron chi connectivity index (χ0n) is 20.9. The van der Waals surface area contributed by atoms with Crippen LogP contribution in [0.2, 0.25) is 0 Å². The third-order valence-corrected chi connectivity index (χ3v) is 7.30. The number of para-hydroxylation sites is 1. The molecule has 3 aromatic carbocycles. The van der Waals surface area contributed by atoms with Gasteiger partial charge in [-0.1, -0.05) is 68.1 Å². The predicted molar refractivity (Wildman–Crippen MR) is 153 cm³/mol. The Kier molecular flexibility index (Phi) is 9.15. The number of aromatic nitrogens is 1. The molecule has 2 heterocycles. The molecule has 7 heteroatoms. The highest BCUT2D eigenvalue weighted by Crippen LogP contribution is 2.20. The lowest BCUT2D eigenvalue weighted by Crippen LogP contribution is -2.53. The van der Waals surface area contributed by atoms with E-state index >= 15 is 0 Å². The molecular weight excluding hydrogens is 476 g/mol.